The number of aromatic nitrogens is 8. The molecular formula is C90H61BrN8O2. The predicted octanol–water partition coefficient (Wildman–Crippen LogP) is 24.4. The minimum Gasteiger partial charge on any atom is -0.508 e. The van der Waals surface area contributed by atoms with E-state index in [2.05, 4.69) is 275 Å². The number of fused-ring (bicyclic) bond motifs is 32. The number of halogens is 1. The molecule has 1 N–H and O–H groups in total. The maximum atomic E-state index is 10.3. The Morgan fingerprint density at radius 3 is 1.19 bits per heavy atom. The van der Waals surface area contributed by atoms with Gasteiger partial charge in [-0.15, -0.1) is 0 Å². The monoisotopic (exact) mass is 1360 g/mol. The summed E-state index contributed by atoms with van der Waals surface area (Å²) in [7, 11) is 0. The zero-order valence-corrected chi connectivity index (χ0v) is 54.4. The van der Waals surface area contributed by atoms with E-state index in [1.165, 1.54) is 81.1 Å². The number of imidazole rings is 2. The normalized spacial score (nSPS) is 11.7. The number of rotatable bonds is 4. The van der Waals surface area contributed by atoms with Crippen LogP contribution >= 0.6 is 15.9 Å². The van der Waals surface area contributed by atoms with Crippen molar-refractivity contribution >= 4 is 180 Å². The molecule has 0 aliphatic heterocycles. The number of aromatic hydroxyl groups is 1. The molecule has 0 atom stereocenters. The summed E-state index contributed by atoms with van der Waals surface area (Å²) in [6.07, 6.45) is 3.69. The van der Waals surface area contributed by atoms with Crippen LogP contribution in [0, 0.1) is 0 Å². The number of hydrogen-bond acceptors (Lipinski definition) is 6. The summed E-state index contributed by atoms with van der Waals surface area (Å²) in [6, 6.07) is 105. The summed E-state index contributed by atoms with van der Waals surface area (Å²) in [4.78, 5) is 19.5. The molecule has 14 aromatic carbocycles. The second-order valence-corrected chi connectivity index (χ2v) is 26.0. The molecule has 0 saturated heterocycles. The first-order valence-corrected chi connectivity index (χ1v) is 33.8. The highest BCUT2D eigenvalue weighted by atomic mass is 79.9. The van der Waals surface area contributed by atoms with Crippen molar-refractivity contribution in [3.63, 3.8) is 0 Å². The van der Waals surface area contributed by atoms with Gasteiger partial charge >= 0.3 is 0 Å². The number of phenolic OH excluding ortho intramolecular Hbond substituents is 1. The van der Waals surface area contributed by atoms with E-state index in [0.717, 1.165) is 110 Å². The minimum atomic E-state index is 0. The van der Waals surface area contributed by atoms with E-state index in [0.29, 0.717) is 0 Å². The Labute approximate surface area is 587 Å². The van der Waals surface area contributed by atoms with E-state index in [-0.39, 0.29) is 20.6 Å². The van der Waals surface area contributed by atoms with Gasteiger partial charge in [0.25, 0.3) is 0 Å². The topological polar surface area (TPSA) is 99.7 Å². The molecule has 480 valence electrons. The van der Waals surface area contributed by atoms with Gasteiger partial charge in [0.05, 0.1) is 49.8 Å². The van der Waals surface area contributed by atoms with Crippen LogP contribution in [-0.4, -0.2) is 43.0 Å². The Balaban J connectivity index is 0.000000120. The van der Waals surface area contributed by atoms with Gasteiger partial charge in [0, 0.05) is 82.5 Å². The van der Waals surface area contributed by atoms with Crippen LogP contribution in [0.15, 0.2) is 320 Å². The SMILES string of the molecule is Brc1cccc(-n2c3ccccc3c3cccnc32)c1.C.C.Oc1ccc2c(c1)c1nc3ccccc3n1c1c3ccccc3c3ccccc3c21.c1cc(Oc2ccc3c(c2)c2nc4ccccc4n2c2c4ccccc4c4ccccc4c32)cc(-n2c3ccccc3c3cccnc32)c1. The number of hydrogen-bond donors (Lipinski definition) is 1. The molecule has 0 spiro atoms. The number of phenols is 1. The second kappa shape index (κ2) is 23.9. The van der Waals surface area contributed by atoms with E-state index in [9.17, 15) is 5.11 Å². The lowest BCUT2D eigenvalue weighted by Gasteiger charge is -2.16. The van der Waals surface area contributed by atoms with Crippen LogP contribution in [0.5, 0.6) is 17.2 Å². The van der Waals surface area contributed by atoms with E-state index in [1.807, 2.05) is 73.1 Å². The Morgan fingerprint density at radius 2 is 0.673 bits per heavy atom. The molecular weight excluding hydrogens is 1300 g/mol. The highest BCUT2D eigenvalue weighted by molar-refractivity contribution is 9.10. The summed E-state index contributed by atoms with van der Waals surface area (Å²) in [5.74, 6) is 1.75. The highest BCUT2D eigenvalue weighted by Gasteiger charge is 2.23. The molecule has 0 radical (unpaired) electrons. The standard InChI is InChI=1S/C44H26N4O.C27H16N2O.C17H11BrN2.2CH4/c1-3-16-33-30(13-1)31-14-2-4-17-35(31)42-41(33)34-23-22-29(26-37(34)44-46-38-19-6-8-21-40(38)48(42)44)49-28-12-9-11-27(25-28)47-39-20-7-5-15-32(39)36-18-10-24-45-43(36)47;30-16-13-14-20-22(15-16)27-28-23-11-5-6-12-24(23)29(27)26-21-10-4-2-8-18(21)17-7-1-3-9-19(17)25(20)26;18-12-5-3-6-13(11-12)20-16-9-2-1-7-14(16)15-8-4-10-19-17(15)20;;/h1-26H;1-15,30H;1-11H;2*1H4. The summed E-state index contributed by atoms with van der Waals surface area (Å²) >= 11 is 3.54. The molecule has 10 nitrogen and oxygen atoms in total. The zero-order chi connectivity index (χ0) is 65.4. The first kappa shape index (κ1) is 60.5. The Morgan fingerprint density at radius 1 is 0.287 bits per heavy atom. The molecule has 0 amide bonds. The van der Waals surface area contributed by atoms with Crippen molar-refractivity contribution in [1.82, 2.24) is 37.9 Å². The van der Waals surface area contributed by atoms with Crippen LogP contribution in [0.1, 0.15) is 14.9 Å². The number of ether oxygens (including phenoxy) is 1. The van der Waals surface area contributed by atoms with E-state index in [1.54, 1.807) is 6.07 Å². The second-order valence-electron chi connectivity index (χ2n) is 25.1. The average molecular weight is 1370 g/mol. The van der Waals surface area contributed by atoms with Gasteiger partial charge in [0.1, 0.15) is 39.8 Å². The van der Waals surface area contributed by atoms with Crippen LogP contribution in [-0.2, 0) is 0 Å². The van der Waals surface area contributed by atoms with Gasteiger partial charge < -0.3 is 9.84 Å². The third-order valence-corrected chi connectivity index (χ3v) is 20.1. The van der Waals surface area contributed by atoms with Gasteiger partial charge in [-0.05, 0) is 170 Å². The summed E-state index contributed by atoms with van der Waals surface area (Å²) in [5, 5.41) is 31.5. The van der Waals surface area contributed by atoms with Gasteiger partial charge in [-0.3, -0.25) is 17.9 Å². The Kier molecular flexibility index (Phi) is 14.3. The molecule has 0 bridgehead atoms. The lowest BCUT2D eigenvalue weighted by molar-refractivity contribution is 0.476. The van der Waals surface area contributed by atoms with E-state index < -0.39 is 0 Å². The molecule has 8 heterocycles. The molecule has 22 aromatic rings. The highest BCUT2D eigenvalue weighted by Crippen LogP contribution is 2.45. The molecule has 0 fully saturated rings. The van der Waals surface area contributed by atoms with Gasteiger partial charge in [-0.2, -0.15) is 0 Å². The van der Waals surface area contributed by atoms with Gasteiger partial charge in [-0.25, -0.2) is 19.9 Å². The maximum absolute atomic E-state index is 10.3. The zero-order valence-electron chi connectivity index (χ0n) is 52.8. The summed E-state index contributed by atoms with van der Waals surface area (Å²) in [6.45, 7) is 0. The van der Waals surface area contributed by atoms with Crippen molar-refractivity contribution in [3.8, 4) is 28.6 Å². The maximum Gasteiger partial charge on any atom is 0.146 e. The fourth-order valence-electron chi connectivity index (χ4n) is 15.6. The third kappa shape index (κ3) is 9.38. The van der Waals surface area contributed by atoms with Crippen LogP contribution in [0.2, 0.25) is 0 Å². The van der Waals surface area contributed by atoms with Gasteiger partial charge in [0.15, 0.2) is 0 Å². The van der Waals surface area contributed by atoms with Crippen molar-refractivity contribution < 1.29 is 9.84 Å². The van der Waals surface area contributed by atoms with Gasteiger partial charge in [-0.1, -0.05) is 201 Å². The largest absolute Gasteiger partial charge is 0.508 e. The fraction of sp³-hybridized carbons (Fsp3) is 0.0222. The molecule has 101 heavy (non-hydrogen) atoms. The smallest absolute Gasteiger partial charge is 0.146 e. The van der Waals surface area contributed by atoms with Gasteiger partial charge in [0.2, 0.25) is 0 Å². The number of nitrogens with zero attached hydrogens (tertiary/aromatic N) is 8. The van der Waals surface area contributed by atoms with Crippen LogP contribution in [0.25, 0.3) is 175 Å². The number of benzene rings is 14. The number of para-hydroxylation sites is 6. The van der Waals surface area contributed by atoms with Crippen molar-refractivity contribution in [2.75, 3.05) is 0 Å². The third-order valence-electron chi connectivity index (χ3n) is 19.6. The number of pyridine rings is 4. The molecule has 0 aliphatic carbocycles. The lowest BCUT2D eigenvalue weighted by atomic mass is 9.94. The van der Waals surface area contributed by atoms with Crippen molar-refractivity contribution in [3.05, 3.63) is 320 Å². The minimum absolute atomic E-state index is 0. The van der Waals surface area contributed by atoms with E-state index >= 15 is 0 Å². The molecule has 0 saturated carbocycles. The van der Waals surface area contributed by atoms with Crippen molar-refractivity contribution in [2.24, 2.45) is 0 Å². The van der Waals surface area contributed by atoms with E-state index in [4.69, 9.17) is 19.7 Å². The first-order valence-electron chi connectivity index (χ1n) is 33.0. The molecule has 22 rings (SSSR count). The quantitative estimate of drug-likeness (QED) is 0.176. The summed E-state index contributed by atoms with van der Waals surface area (Å²) in [5.41, 5.74) is 14.5. The van der Waals surface area contributed by atoms with Crippen LogP contribution in [0.3, 0.4) is 0 Å². The van der Waals surface area contributed by atoms with Crippen molar-refractivity contribution in [1.29, 1.82) is 0 Å². The summed E-state index contributed by atoms with van der Waals surface area (Å²) < 4.78 is 16.8. The van der Waals surface area contributed by atoms with Crippen molar-refractivity contribution in [2.45, 2.75) is 14.9 Å². The Bertz CT molecular complexity index is 7040. The fourth-order valence-corrected chi connectivity index (χ4v) is 16.0. The van der Waals surface area contributed by atoms with Crippen LogP contribution in [0.4, 0.5) is 0 Å². The predicted molar refractivity (Wildman–Crippen MR) is 425 cm³/mol. The first-order chi connectivity index (χ1) is 49.0. The molecule has 0 aliphatic rings. The lowest BCUT2D eigenvalue weighted by Crippen LogP contribution is -1.96. The molecule has 8 aromatic heterocycles. The average Bonchev–Trinajstić information content (AvgIpc) is 1.67. The van der Waals surface area contributed by atoms with Crippen LogP contribution < -0.4 is 4.74 Å². The Hall–Kier alpha value is -13.0. The molecule has 11 heteroatoms. The molecule has 0 unspecified atom stereocenters.